The van der Waals surface area contributed by atoms with Gasteiger partial charge in [0.15, 0.2) is 0 Å². The van der Waals surface area contributed by atoms with Gasteiger partial charge in [-0.15, -0.1) is 0 Å². The number of hydrogen-bond donors (Lipinski definition) is 1. The maximum atomic E-state index is 12.6. The molecule has 6 nitrogen and oxygen atoms in total. The second-order valence-corrected chi connectivity index (χ2v) is 10.1. The van der Waals surface area contributed by atoms with Crippen LogP contribution in [-0.4, -0.2) is 39.9 Å². The van der Waals surface area contributed by atoms with Crippen LogP contribution < -0.4 is 5.43 Å². The molecule has 1 aliphatic rings. The molecule has 0 aromatic heterocycles. The highest BCUT2D eigenvalue weighted by atomic mass is 16.6. The van der Waals surface area contributed by atoms with Crippen molar-refractivity contribution >= 4 is 12.1 Å². The van der Waals surface area contributed by atoms with E-state index >= 15 is 0 Å². The molecule has 28 heavy (non-hydrogen) atoms. The predicted molar refractivity (Wildman–Crippen MR) is 109 cm³/mol. The monoisotopic (exact) mass is 390 g/mol. The molecule has 1 N–H and O–H groups in total. The summed E-state index contributed by atoms with van der Waals surface area (Å²) < 4.78 is 10.9. The molecule has 1 aromatic carbocycles. The molecule has 1 saturated heterocycles. The Bertz CT molecular complexity index is 712. The van der Waals surface area contributed by atoms with Crippen molar-refractivity contribution in [3.63, 3.8) is 0 Å². The van der Waals surface area contributed by atoms with Gasteiger partial charge in [-0.05, 0) is 85.9 Å². The van der Waals surface area contributed by atoms with E-state index in [0.29, 0.717) is 12.0 Å². The number of hydrogen-bond acceptors (Lipinski definition) is 5. The number of rotatable bonds is 3. The Kier molecular flexibility index (Phi) is 6.14. The molecule has 0 aliphatic carbocycles. The molecule has 1 amide bonds. The van der Waals surface area contributed by atoms with Crippen molar-refractivity contribution in [1.29, 1.82) is 0 Å². The van der Waals surface area contributed by atoms with Crippen LogP contribution in [0.15, 0.2) is 24.3 Å². The third-order valence-electron chi connectivity index (χ3n) is 4.18. The lowest BCUT2D eigenvalue weighted by Crippen LogP contribution is -2.49. The van der Waals surface area contributed by atoms with Crippen LogP contribution in [0.3, 0.4) is 0 Å². The first kappa shape index (κ1) is 22.2. The van der Waals surface area contributed by atoms with Gasteiger partial charge in [0.1, 0.15) is 11.2 Å². The van der Waals surface area contributed by atoms with Crippen LogP contribution in [0.4, 0.5) is 4.79 Å². The fraction of sp³-hybridized carbons (Fsp3) is 0.636. The smallest absolute Gasteiger partial charge is 0.425 e. The molecule has 1 aliphatic heterocycles. The minimum Gasteiger partial charge on any atom is -0.456 e. The van der Waals surface area contributed by atoms with Crippen molar-refractivity contribution in [3.8, 4) is 0 Å². The zero-order valence-corrected chi connectivity index (χ0v) is 18.4. The van der Waals surface area contributed by atoms with E-state index in [9.17, 15) is 9.59 Å². The maximum absolute atomic E-state index is 12.6. The summed E-state index contributed by atoms with van der Waals surface area (Å²) in [7, 11) is 0. The maximum Gasteiger partial charge on any atom is 0.425 e. The first-order valence-corrected chi connectivity index (χ1v) is 9.78. The van der Waals surface area contributed by atoms with E-state index in [1.807, 2.05) is 53.7 Å². The van der Waals surface area contributed by atoms with Crippen LogP contribution in [0.25, 0.3) is 0 Å². The minimum absolute atomic E-state index is 0.0303. The average molecular weight is 391 g/mol. The topological polar surface area (TPSA) is 67.9 Å². The molecule has 1 heterocycles. The van der Waals surface area contributed by atoms with Crippen LogP contribution in [0.2, 0.25) is 0 Å². The zero-order chi connectivity index (χ0) is 21.3. The number of esters is 1. The average Bonchev–Trinajstić information content (AvgIpc) is 2.79. The summed E-state index contributed by atoms with van der Waals surface area (Å²) in [6.45, 7) is 15.2. The van der Waals surface area contributed by atoms with E-state index in [1.54, 1.807) is 17.1 Å². The van der Waals surface area contributed by atoms with Crippen molar-refractivity contribution in [2.75, 3.05) is 0 Å². The predicted octanol–water partition coefficient (Wildman–Crippen LogP) is 4.48. The second kappa shape index (κ2) is 7.74. The number of hydrazine groups is 1. The largest absolute Gasteiger partial charge is 0.456 e. The van der Waals surface area contributed by atoms with Gasteiger partial charge in [-0.2, -0.15) is 0 Å². The van der Waals surface area contributed by atoms with Gasteiger partial charge < -0.3 is 9.47 Å². The molecule has 0 unspecified atom stereocenters. The van der Waals surface area contributed by atoms with Crippen LogP contribution >= 0.6 is 0 Å². The lowest BCUT2D eigenvalue weighted by atomic mass is 9.94. The van der Waals surface area contributed by atoms with E-state index in [1.165, 1.54) is 0 Å². The number of ether oxygens (including phenoxy) is 2. The quantitative estimate of drug-likeness (QED) is 0.771. The number of benzene rings is 1. The van der Waals surface area contributed by atoms with Gasteiger partial charge in [0.2, 0.25) is 0 Å². The van der Waals surface area contributed by atoms with Gasteiger partial charge in [0.05, 0.1) is 11.6 Å². The fourth-order valence-electron chi connectivity index (χ4n) is 3.20. The Labute approximate surface area is 168 Å². The van der Waals surface area contributed by atoms with E-state index < -0.39 is 11.2 Å². The molecule has 1 atom stereocenters. The SMILES string of the molecule is CC1(C)C[C@H](Cc2ccc(C(=O)OC(C)(C)C)cc2)N(C(=O)OC(C)(C)C)N1. The third-order valence-corrected chi connectivity index (χ3v) is 4.18. The fourth-order valence-corrected chi connectivity index (χ4v) is 3.20. The highest BCUT2D eigenvalue weighted by Crippen LogP contribution is 2.28. The molecule has 0 bridgehead atoms. The van der Waals surface area contributed by atoms with Crippen molar-refractivity contribution in [2.24, 2.45) is 0 Å². The van der Waals surface area contributed by atoms with Gasteiger partial charge >= 0.3 is 12.1 Å². The molecule has 6 heteroatoms. The number of carbonyl (C=O) groups excluding carboxylic acids is 2. The van der Waals surface area contributed by atoms with Crippen LogP contribution in [0, 0.1) is 0 Å². The highest BCUT2D eigenvalue weighted by Gasteiger charge is 2.41. The summed E-state index contributed by atoms with van der Waals surface area (Å²) >= 11 is 0. The standard InChI is InChI=1S/C22H34N2O4/c1-20(2,3)27-18(25)16-11-9-15(10-12-16)13-17-14-22(7,8)23-24(17)19(26)28-21(4,5)6/h9-12,17,23H,13-14H2,1-8H3/t17-/m0/s1. The molecule has 1 aromatic rings. The Morgan fingerprint density at radius 2 is 1.57 bits per heavy atom. The Balaban J connectivity index is 2.09. The molecular formula is C22H34N2O4. The third kappa shape index (κ3) is 6.51. The summed E-state index contributed by atoms with van der Waals surface area (Å²) in [5, 5.41) is 1.60. The Hall–Kier alpha value is -2.08. The van der Waals surface area contributed by atoms with Crippen LogP contribution in [0.1, 0.15) is 77.7 Å². The van der Waals surface area contributed by atoms with Crippen molar-refractivity contribution in [2.45, 2.75) is 91.0 Å². The van der Waals surface area contributed by atoms with Crippen LogP contribution in [0.5, 0.6) is 0 Å². The first-order chi connectivity index (χ1) is 12.7. The molecule has 0 radical (unpaired) electrons. The van der Waals surface area contributed by atoms with Gasteiger partial charge in [0.25, 0.3) is 0 Å². The first-order valence-electron chi connectivity index (χ1n) is 9.78. The second-order valence-electron chi connectivity index (χ2n) is 10.1. The van der Waals surface area contributed by atoms with Crippen molar-refractivity contribution < 1.29 is 19.1 Å². The minimum atomic E-state index is -0.550. The molecule has 0 saturated carbocycles. The number of nitrogens with one attached hydrogen (secondary N) is 1. The summed E-state index contributed by atoms with van der Waals surface area (Å²) in [6, 6.07) is 7.34. The van der Waals surface area contributed by atoms with Gasteiger partial charge in [0, 0.05) is 5.54 Å². The summed E-state index contributed by atoms with van der Waals surface area (Å²) in [5.74, 6) is -0.335. The van der Waals surface area contributed by atoms with Gasteiger partial charge in [-0.3, -0.25) is 0 Å². The Morgan fingerprint density at radius 1 is 1.04 bits per heavy atom. The molecule has 156 valence electrons. The van der Waals surface area contributed by atoms with E-state index in [4.69, 9.17) is 9.47 Å². The Morgan fingerprint density at radius 3 is 2.07 bits per heavy atom. The number of amides is 1. The van der Waals surface area contributed by atoms with Crippen molar-refractivity contribution in [3.05, 3.63) is 35.4 Å². The summed E-state index contributed by atoms with van der Waals surface area (Å²) in [5.41, 5.74) is 3.56. The van der Waals surface area contributed by atoms with E-state index in [2.05, 4.69) is 19.3 Å². The molecular weight excluding hydrogens is 356 g/mol. The molecule has 1 fully saturated rings. The number of carbonyl (C=O) groups is 2. The zero-order valence-electron chi connectivity index (χ0n) is 18.4. The van der Waals surface area contributed by atoms with E-state index in [-0.39, 0.29) is 23.6 Å². The normalized spacial score (nSPS) is 19.4. The van der Waals surface area contributed by atoms with E-state index in [0.717, 1.165) is 12.0 Å². The van der Waals surface area contributed by atoms with Crippen LogP contribution in [-0.2, 0) is 15.9 Å². The van der Waals surface area contributed by atoms with Gasteiger partial charge in [-0.25, -0.2) is 20.0 Å². The summed E-state index contributed by atoms with van der Waals surface area (Å²) in [6.07, 6.45) is 1.11. The lowest BCUT2D eigenvalue weighted by molar-refractivity contribution is 0.00668. The summed E-state index contributed by atoms with van der Waals surface area (Å²) in [4.78, 5) is 24.8. The van der Waals surface area contributed by atoms with Gasteiger partial charge in [-0.1, -0.05) is 12.1 Å². The lowest BCUT2D eigenvalue weighted by Gasteiger charge is -2.29. The molecule has 2 rings (SSSR count). The van der Waals surface area contributed by atoms with Crippen molar-refractivity contribution in [1.82, 2.24) is 10.4 Å². The number of nitrogens with zero attached hydrogens (tertiary/aromatic N) is 1. The molecule has 0 spiro atoms. The highest BCUT2D eigenvalue weighted by molar-refractivity contribution is 5.89.